The summed E-state index contributed by atoms with van der Waals surface area (Å²) >= 11 is 0. The third-order valence-electron chi connectivity index (χ3n) is 10.2. The molecule has 0 N–H and O–H groups in total. The van der Waals surface area contributed by atoms with Crippen molar-refractivity contribution >= 4 is 5.78 Å². The van der Waals surface area contributed by atoms with E-state index in [2.05, 4.69) is 26.8 Å². The number of carbonyl (C=O) groups is 1. The number of unbranched alkanes of at least 4 members (excludes halogenated alkanes) is 1. The van der Waals surface area contributed by atoms with Crippen molar-refractivity contribution < 1.29 is 4.79 Å². The maximum atomic E-state index is 12.3. The Morgan fingerprint density at radius 1 is 1.07 bits per heavy atom. The van der Waals surface area contributed by atoms with Gasteiger partial charge < -0.3 is 0 Å². The van der Waals surface area contributed by atoms with Crippen LogP contribution in [-0.2, 0) is 4.79 Å². The first-order valence-corrected chi connectivity index (χ1v) is 11.8. The van der Waals surface area contributed by atoms with E-state index >= 15 is 0 Å². The molecular weight excluding hydrogens is 330 g/mol. The smallest absolute Gasteiger partial charge is 0.133 e. The summed E-state index contributed by atoms with van der Waals surface area (Å²) in [5, 5.41) is 8.93. The zero-order chi connectivity index (χ0) is 19.2. The van der Waals surface area contributed by atoms with E-state index in [1.807, 2.05) is 0 Å². The fourth-order valence-corrected chi connectivity index (χ4v) is 8.75. The van der Waals surface area contributed by atoms with E-state index in [-0.39, 0.29) is 0 Å². The Labute approximate surface area is 166 Å². The van der Waals surface area contributed by atoms with E-state index in [0.29, 0.717) is 22.5 Å². The van der Waals surface area contributed by atoms with Gasteiger partial charge in [0.2, 0.25) is 0 Å². The van der Waals surface area contributed by atoms with Crippen molar-refractivity contribution in [3.05, 3.63) is 0 Å². The summed E-state index contributed by atoms with van der Waals surface area (Å²) in [6.45, 7) is 7.55. The molecule has 0 amide bonds. The minimum atomic E-state index is 0.414. The lowest BCUT2D eigenvalue weighted by Crippen LogP contribution is -2.56. The van der Waals surface area contributed by atoms with Gasteiger partial charge in [0.25, 0.3) is 0 Å². The maximum Gasteiger partial charge on any atom is 0.133 e. The first kappa shape index (κ1) is 19.5. The molecule has 8 unspecified atom stereocenters. The molecule has 0 aromatic heterocycles. The molecule has 0 bridgehead atoms. The number of nitriles is 1. The number of hydrogen-bond acceptors (Lipinski definition) is 2. The van der Waals surface area contributed by atoms with Crippen molar-refractivity contribution in [1.82, 2.24) is 0 Å². The van der Waals surface area contributed by atoms with Gasteiger partial charge in [-0.25, -0.2) is 0 Å². The summed E-state index contributed by atoms with van der Waals surface area (Å²) in [7, 11) is 0. The van der Waals surface area contributed by atoms with Gasteiger partial charge in [-0.2, -0.15) is 5.26 Å². The van der Waals surface area contributed by atoms with Crippen molar-refractivity contribution in [3.8, 4) is 6.07 Å². The molecule has 0 saturated heterocycles. The number of fused-ring (bicyclic) bond motifs is 5. The van der Waals surface area contributed by atoms with E-state index in [4.69, 9.17) is 5.26 Å². The monoisotopic (exact) mass is 369 g/mol. The fourth-order valence-electron chi connectivity index (χ4n) is 8.75. The Morgan fingerprint density at radius 3 is 2.59 bits per heavy atom. The van der Waals surface area contributed by atoms with Crippen LogP contribution in [0.5, 0.6) is 0 Å². The molecule has 8 atom stereocenters. The van der Waals surface area contributed by atoms with Crippen LogP contribution in [0.15, 0.2) is 0 Å². The predicted molar refractivity (Wildman–Crippen MR) is 109 cm³/mol. The van der Waals surface area contributed by atoms with Crippen LogP contribution in [-0.4, -0.2) is 5.78 Å². The number of Topliss-reactive ketones (excluding diaryl/α,β-unsaturated/α-hetero) is 1. The van der Waals surface area contributed by atoms with Gasteiger partial charge in [-0.05, 0) is 97.7 Å². The largest absolute Gasteiger partial charge is 0.300 e. The molecule has 4 saturated carbocycles. The molecule has 0 radical (unpaired) electrons. The molecule has 150 valence electrons. The zero-order valence-electron chi connectivity index (χ0n) is 17.8. The highest BCUT2D eigenvalue weighted by Gasteiger charge is 2.61. The van der Waals surface area contributed by atoms with E-state index in [0.717, 1.165) is 61.7 Å². The minimum Gasteiger partial charge on any atom is -0.300 e. The van der Waals surface area contributed by atoms with Gasteiger partial charge in [-0.3, -0.25) is 4.79 Å². The molecule has 0 aromatic carbocycles. The summed E-state index contributed by atoms with van der Waals surface area (Å²) < 4.78 is 0. The van der Waals surface area contributed by atoms with E-state index in [9.17, 15) is 4.79 Å². The average molecular weight is 370 g/mol. The number of ketones is 1. The van der Waals surface area contributed by atoms with Crippen molar-refractivity contribution in [2.45, 2.75) is 97.8 Å². The SMILES string of the molecule is CCC1CC2C3CCC(CCCC#N)C3(C)CCC2C2(C)CCC(=O)CC12. The standard InChI is InChI=1S/C25H39NO/c1-4-17-15-20-21-9-8-18(7-5-6-14-26)24(21,2)13-11-22(20)25(3)12-10-19(27)16-23(17)25/h17-18,20-23H,4-13,15-16H2,1-3H3. The zero-order valence-corrected chi connectivity index (χ0v) is 17.8. The van der Waals surface area contributed by atoms with Crippen LogP contribution < -0.4 is 0 Å². The summed E-state index contributed by atoms with van der Waals surface area (Å²) in [4.78, 5) is 12.3. The summed E-state index contributed by atoms with van der Waals surface area (Å²) in [6, 6.07) is 2.35. The fraction of sp³-hybridized carbons (Fsp3) is 0.920. The van der Waals surface area contributed by atoms with Gasteiger partial charge in [-0.1, -0.05) is 27.2 Å². The summed E-state index contributed by atoms with van der Waals surface area (Å²) in [5.41, 5.74) is 0.931. The minimum absolute atomic E-state index is 0.414. The molecule has 2 nitrogen and oxygen atoms in total. The second kappa shape index (κ2) is 7.20. The first-order valence-electron chi connectivity index (χ1n) is 11.8. The molecule has 4 rings (SSSR count). The Kier molecular flexibility index (Phi) is 5.19. The average Bonchev–Trinajstić information content (AvgIpc) is 2.99. The Morgan fingerprint density at radius 2 is 1.85 bits per heavy atom. The van der Waals surface area contributed by atoms with E-state index in [1.165, 1.54) is 44.9 Å². The van der Waals surface area contributed by atoms with Gasteiger partial charge in [0.05, 0.1) is 6.07 Å². The lowest BCUT2D eigenvalue weighted by atomic mass is 9.42. The van der Waals surface area contributed by atoms with Crippen LogP contribution in [0.1, 0.15) is 97.8 Å². The highest BCUT2D eigenvalue weighted by molar-refractivity contribution is 5.79. The summed E-state index contributed by atoms with van der Waals surface area (Å²) in [6.07, 6.45) is 14.2. The third kappa shape index (κ3) is 2.99. The second-order valence-corrected chi connectivity index (χ2v) is 11.0. The number of hydrogen-bond donors (Lipinski definition) is 0. The molecule has 2 heteroatoms. The van der Waals surface area contributed by atoms with Crippen molar-refractivity contribution in [2.75, 3.05) is 0 Å². The normalized spacial score (nSPS) is 49.0. The van der Waals surface area contributed by atoms with E-state index in [1.54, 1.807) is 0 Å². The molecule has 4 fully saturated rings. The highest BCUT2D eigenvalue weighted by atomic mass is 16.1. The molecule has 0 heterocycles. The van der Waals surface area contributed by atoms with Gasteiger partial charge in [0.1, 0.15) is 5.78 Å². The van der Waals surface area contributed by atoms with Crippen LogP contribution >= 0.6 is 0 Å². The molecule has 0 aromatic rings. The van der Waals surface area contributed by atoms with Crippen LogP contribution in [0.2, 0.25) is 0 Å². The van der Waals surface area contributed by atoms with E-state index < -0.39 is 0 Å². The van der Waals surface area contributed by atoms with Crippen molar-refractivity contribution in [1.29, 1.82) is 5.26 Å². The maximum absolute atomic E-state index is 12.3. The van der Waals surface area contributed by atoms with Gasteiger partial charge >= 0.3 is 0 Å². The van der Waals surface area contributed by atoms with Crippen molar-refractivity contribution in [2.24, 2.45) is 46.3 Å². The lowest BCUT2D eigenvalue weighted by Gasteiger charge is -2.62. The Bertz CT molecular complexity index is 620. The highest BCUT2D eigenvalue weighted by Crippen LogP contribution is 2.68. The lowest BCUT2D eigenvalue weighted by molar-refractivity contribution is -0.151. The predicted octanol–water partition coefficient (Wildman–Crippen LogP) is 6.54. The molecular formula is C25H39NO. The quantitative estimate of drug-likeness (QED) is 0.528. The van der Waals surface area contributed by atoms with Crippen molar-refractivity contribution in [3.63, 3.8) is 0 Å². The molecule has 0 aliphatic heterocycles. The number of rotatable bonds is 4. The van der Waals surface area contributed by atoms with Crippen LogP contribution in [0.3, 0.4) is 0 Å². The molecule has 4 aliphatic rings. The molecule has 4 aliphatic carbocycles. The molecule has 0 spiro atoms. The topological polar surface area (TPSA) is 40.9 Å². The summed E-state index contributed by atoms with van der Waals surface area (Å²) in [5.74, 6) is 5.44. The Hall–Kier alpha value is -0.840. The molecule has 27 heavy (non-hydrogen) atoms. The van der Waals surface area contributed by atoms with Gasteiger partial charge in [-0.15, -0.1) is 0 Å². The number of nitrogens with zero attached hydrogens (tertiary/aromatic N) is 1. The Balaban J connectivity index is 1.58. The van der Waals surface area contributed by atoms with Crippen LogP contribution in [0.25, 0.3) is 0 Å². The number of carbonyl (C=O) groups excluding carboxylic acids is 1. The second-order valence-electron chi connectivity index (χ2n) is 11.0. The van der Waals surface area contributed by atoms with Crippen LogP contribution in [0.4, 0.5) is 0 Å². The first-order chi connectivity index (χ1) is 12.9. The van der Waals surface area contributed by atoms with Crippen LogP contribution in [0, 0.1) is 57.7 Å². The van der Waals surface area contributed by atoms with Gasteiger partial charge in [0.15, 0.2) is 0 Å². The van der Waals surface area contributed by atoms with Gasteiger partial charge in [0, 0.05) is 19.3 Å². The third-order valence-corrected chi connectivity index (χ3v) is 10.2.